The maximum absolute atomic E-state index is 11.6. The van der Waals surface area contributed by atoms with E-state index < -0.39 is 0 Å². The van der Waals surface area contributed by atoms with Gasteiger partial charge in [-0.1, -0.05) is 22.0 Å². The number of aliphatic hydroxyl groups excluding tert-OH is 1. The Bertz CT molecular complexity index is 347. The van der Waals surface area contributed by atoms with Gasteiger partial charge in [0.05, 0.1) is 11.4 Å². The molecule has 0 aliphatic heterocycles. The Balaban J connectivity index is 3.17. The Kier molecular flexibility index (Phi) is 3.66. The number of halogens is 1. The predicted molar refractivity (Wildman–Crippen MR) is 56.7 cm³/mol. The molecule has 3 nitrogen and oxygen atoms in total. The van der Waals surface area contributed by atoms with Crippen molar-refractivity contribution in [3.8, 4) is 5.75 Å². The average Bonchev–Trinajstić information content (AvgIpc) is 2.16. The van der Waals surface area contributed by atoms with Crippen LogP contribution in [0.1, 0.15) is 22.8 Å². The molecule has 0 heterocycles. The lowest BCUT2D eigenvalue weighted by Crippen LogP contribution is -2.12. The number of alkyl halides is 1. The minimum atomic E-state index is -0.324. The van der Waals surface area contributed by atoms with E-state index in [1.54, 1.807) is 6.92 Å². The second-order valence-corrected chi connectivity index (χ2v) is 4.35. The summed E-state index contributed by atoms with van der Waals surface area (Å²) in [6, 6.07) is 4.35. The van der Waals surface area contributed by atoms with Crippen molar-refractivity contribution in [2.45, 2.75) is 18.4 Å². The highest BCUT2D eigenvalue weighted by Gasteiger charge is 2.16. The minimum absolute atomic E-state index is 0.0266. The molecule has 1 aromatic carbocycles. The molecule has 0 radical (unpaired) electrons. The van der Waals surface area contributed by atoms with Crippen LogP contribution in [0.15, 0.2) is 18.2 Å². The van der Waals surface area contributed by atoms with Crippen LogP contribution in [0, 0.1) is 0 Å². The summed E-state index contributed by atoms with van der Waals surface area (Å²) in [4.78, 5) is 11.3. The van der Waals surface area contributed by atoms with Crippen LogP contribution in [0.25, 0.3) is 0 Å². The first-order chi connectivity index (χ1) is 6.56. The summed E-state index contributed by atoms with van der Waals surface area (Å²) in [5.41, 5.74) is 0.885. The Hall–Kier alpha value is -0.870. The van der Waals surface area contributed by atoms with Gasteiger partial charge in [-0.05, 0) is 24.6 Å². The van der Waals surface area contributed by atoms with Crippen molar-refractivity contribution in [1.29, 1.82) is 0 Å². The van der Waals surface area contributed by atoms with Crippen molar-refractivity contribution < 1.29 is 15.0 Å². The number of carbonyl (C=O) groups excluding carboxylic acids is 1. The number of hydrogen-bond acceptors (Lipinski definition) is 3. The van der Waals surface area contributed by atoms with Gasteiger partial charge < -0.3 is 10.2 Å². The molecule has 4 heteroatoms. The zero-order chi connectivity index (χ0) is 10.7. The van der Waals surface area contributed by atoms with Crippen molar-refractivity contribution in [2.24, 2.45) is 0 Å². The van der Waals surface area contributed by atoms with Crippen LogP contribution in [0.4, 0.5) is 0 Å². The molecular weight excluding hydrogens is 248 g/mol. The van der Waals surface area contributed by atoms with Crippen LogP contribution < -0.4 is 0 Å². The van der Waals surface area contributed by atoms with E-state index in [-0.39, 0.29) is 23.0 Å². The highest BCUT2D eigenvalue weighted by atomic mass is 79.9. The van der Waals surface area contributed by atoms with Crippen molar-refractivity contribution in [3.05, 3.63) is 29.3 Å². The van der Waals surface area contributed by atoms with E-state index in [2.05, 4.69) is 15.9 Å². The quantitative estimate of drug-likeness (QED) is 0.643. The van der Waals surface area contributed by atoms with Crippen molar-refractivity contribution >= 4 is 21.7 Å². The maximum atomic E-state index is 11.6. The van der Waals surface area contributed by atoms with Crippen LogP contribution in [-0.2, 0) is 6.61 Å². The molecule has 0 bridgehead atoms. The first-order valence-corrected chi connectivity index (χ1v) is 5.09. The van der Waals surface area contributed by atoms with Gasteiger partial charge in [-0.25, -0.2) is 0 Å². The number of ketones is 1. The molecule has 0 saturated heterocycles. The molecule has 2 N–H and O–H groups in total. The first kappa shape index (κ1) is 11.2. The van der Waals surface area contributed by atoms with Gasteiger partial charge in [-0.15, -0.1) is 0 Å². The van der Waals surface area contributed by atoms with E-state index in [9.17, 15) is 9.90 Å². The number of phenolic OH excluding ortho intramolecular Hbond substituents is 1. The van der Waals surface area contributed by atoms with Crippen LogP contribution in [-0.4, -0.2) is 20.8 Å². The minimum Gasteiger partial charge on any atom is -0.508 e. The SMILES string of the molecule is CC(Br)C(=O)c1cc(O)ccc1CO. The Morgan fingerprint density at radius 1 is 1.57 bits per heavy atom. The van der Waals surface area contributed by atoms with Gasteiger partial charge in [0, 0.05) is 5.56 Å². The smallest absolute Gasteiger partial charge is 0.176 e. The lowest BCUT2D eigenvalue weighted by atomic mass is 10.0. The lowest BCUT2D eigenvalue weighted by Gasteiger charge is -2.08. The van der Waals surface area contributed by atoms with E-state index in [1.165, 1.54) is 18.2 Å². The van der Waals surface area contributed by atoms with Crippen LogP contribution in [0.3, 0.4) is 0 Å². The van der Waals surface area contributed by atoms with Gasteiger partial charge in [0.15, 0.2) is 5.78 Å². The fourth-order valence-corrected chi connectivity index (χ4v) is 1.39. The average molecular weight is 259 g/mol. The number of Topliss-reactive ketones (excluding diaryl/α,β-unsaturated/α-hetero) is 1. The maximum Gasteiger partial charge on any atom is 0.176 e. The third-order valence-corrected chi connectivity index (χ3v) is 2.31. The zero-order valence-corrected chi connectivity index (χ0v) is 9.28. The standard InChI is InChI=1S/C10H11BrO3/c1-6(11)10(14)9-4-8(13)3-2-7(9)5-12/h2-4,6,12-13H,5H2,1H3. The number of aliphatic hydroxyl groups is 1. The highest BCUT2D eigenvalue weighted by molar-refractivity contribution is 9.10. The van der Waals surface area contributed by atoms with Crippen LogP contribution >= 0.6 is 15.9 Å². The second-order valence-electron chi connectivity index (χ2n) is 2.98. The number of hydrogen-bond donors (Lipinski definition) is 2. The van der Waals surface area contributed by atoms with Crippen LogP contribution in [0.5, 0.6) is 5.75 Å². The zero-order valence-electron chi connectivity index (χ0n) is 7.70. The Labute approximate surface area is 90.5 Å². The largest absolute Gasteiger partial charge is 0.508 e. The monoisotopic (exact) mass is 258 g/mol. The van der Waals surface area contributed by atoms with Gasteiger partial charge in [-0.2, -0.15) is 0 Å². The van der Waals surface area contributed by atoms with Gasteiger partial charge in [-0.3, -0.25) is 4.79 Å². The van der Waals surface area contributed by atoms with Gasteiger partial charge >= 0.3 is 0 Å². The number of aromatic hydroxyl groups is 1. The summed E-state index contributed by atoms with van der Waals surface area (Å²) in [5, 5.41) is 18.2. The molecule has 1 aromatic rings. The number of phenols is 1. The highest BCUT2D eigenvalue weighted by Crippen LogP contribution is 2.20. The fourth-order valence-electron chi connectivity index (χ4n) is 1.15. The summed E-state index contributed by atoms with van der Waals surface area (Å²) < 4.78 is 0. The molecule has 1 atom stereocenters. The molecule has 1 unspecified atom stereocenters. The Morgan fingerprint density at radius 2 is 2.21 bits per heavy atom. The van der Waals surface area contributed by atoms with Crippen molar-refractivity contribution in [1.82, 2.24) is 0 Å². The summed E-state index contributed by atoms with van der Waals surface area (Å²) in [7, 11) is 0. The molecule has 0 amide bonds. The van der Waals surface area contributed by atoms with Crippen LogP contribution in [0.2, 0.25) is 0 Å². The van der Waals surface area contributed by atoms with E-state index in [0.717, 1.165) is 0 Å². The van der Waals surface area contributed by atoms with Crippen molar-refractivity contribution in [3.63, 3.8) is 0 Å². The molecule has 76 valence electrons. The molecule has 0 saturated carbocycles. The Morgan fingerprint density at radius 3 is 2.71 bits per heavy atom. The molecule has 0 fully saturated rings. The van der Waals surface area contributed by atoms with E-state index in [4.69, 9.17) is 5.11 Å². The molecular formula is C10H11BrO3. The molecule has 0 aromatic heterocycles. The predicted octanol–water partition coefficient (Wildman–Crippen LogP) is 1.85. The second kappa shape index (κ2) is 4.57. The van der Waals surface area contributed by atoms with Gasteiger partial charge in [0.2, 0.25) is 0 Å². The third kappa shape index (κ3) is 2.33. The summed E-state index contributed by atoms with van der Waals surface area (Å²) in [6.07, 6.45) is 0. The summed E-state index contributed by atoms with van der Waals surface area (Å²) in [6.45, 7) is 1.49. The number of carbonyl (C=O) groups is 1. The molecule has 0 aliphatic rings. The molecule has 14 heavy (non-hydrogen) atoms. The number of rotatable bonds is 3. The van der Waals surface area contributed by atoms with E-state index >= 15 is 0 Å². The molecule has 1 rings (SSSR count). The topological polar surface area (TPSA) is 57.5 Å². The third-order valence-electron chi connectivity index (χ3n) is 1.89. The normalized spacial score (nSPS) is 12.5. The molecule has 0 aliphatic carbocycles. The summed E-state index contributed by atoms with van der Waals surface area (Å²) in [5.74, 6) is -0.122. The first-order valence-electron chi connectivity index (χ1n) is 4.17. The number of benzene rings is 1. The van der Waals surface area contributed by atoms with Gasteiger partial charge in [0.1, 0.15) is 5.75 Å². The molecule has 0 spiro atoms. The van der Waals surface area contributed by atoms with E-state index in [0.29, 0.717) is 11.1 Å². The van der Waals surface area contributed by atoms with Crippen molar-refractivity contribution in [2.75, 3.05) is 0 Å². The van der Waals surface area contributed by atoms with Gasteiger partial charge in [0.25, 0.3) is 0 Å². The van der Waals surface area contributed by atoms with E-state index in [1.807, 2.05) is 0 Å². The summed E-state index contributed by atoms with van der Waals surface area (Å²) >= 11 is 3.15. The lowest BCUT2D eigenvalue weighted by molar-refractivity contribution is 0.0992. The fraction of sp³-hybridized carbons (Fsp3) is 0.300.